The fourth-order valence-electron chi connectivity index (χ4n) is 2.27. The van der Waals surface area contributed by atoms with Crippen LogP contribution in [0.2, 0.25) is 0 Å². The lowest BCUT2D eigenvalue weighted by Gasteiger charge is -2.48. The molecule has 1 aliphatic carbocycles. The van der Waals surface area contributed by atoms with Crippen LogP contribution in [-0.2, 0) is 4.79 Å². The molecular weight excluding hydrogens is 239 g/mol. The van der Waals surface area contributed by atoms with Crippen molar-refractivity contribution in [3.05, 3.63) is 0 Å². The Bertz CT molecular complexity index is 216. The summed E-state index contributed by atoms with van der Waals surface area (Å²) in [6.07, 6.45) is 2.74. The molecule has 0 spiro atoms. The minimum Gasteiger partial charge on any atom is -0.480 e. The fraction of sp³-hybridized carbons (Fsp3) is 0.889. The van der Waals surface area contributed by atoms with Crippen molar-refractivity contribution >= 4 is 30.8 Å². The first-order valence-corrected chi connectivity index (χ1v) is 4.95. The smallest absolute Gasteiger partial charge is 0.324 e. The first-order chi connectivity index (χ1) is 6.26. The van der Waals surface area contributed by atoms with Gasteiger partial charge in [0.1, 0.15) is 5.54 Å². The predicted octanol–water partition coefficient (Wildman–Crippen LogP) is 0.742. The molecule has 1 aliphatic heterocycles. The lowest BCUT2D eigenvalue weighted by Crippen LogP contribution is -2.63. The third-order valence-corrected chi connectivity index (χ3v) is 3.30. The van der Waals surface area contributed by atoms with Gasteiger partial charge in [-0.2, -0.15) is 0 Å². The number of carboxylic acid groups (broad SMARTS) is 1. The van der Waals surface area contributed by atoms with E-state index in [1.807, 2.05) is 0 Å². The molecule has 0 radical (unpaired) electrons. The molecule has 2 fully saturated rings. The zero-order valence-corrected chi connectivity index (χ0v) is 10.2. The predicted molar refractivity (Wildman–Crippen MR) is 63.2 cm³/mol. The van der Waals surface area contributed by atoms with Crippen LogP contribution in [0.5, 0.6) is 0 Å². The number of aliphatic carboxylic acids is 1. The summed E-state index contributed by atoms with van der Waals surface area (Å²) in [7, 11) is 0. The van der Waals surface area contributed by atoms with Crippen LogP contribution in [0, 0.1) is 0 Å². The van der Waals surface area contributed by atoms with Gasteiger partial charge in [0.05, 0.1) is 0 Å². The lowest BCUT2D eigenvalue weighted by molar-refractivity contribution is -0.159. The summed E-state index contributed by atoms with van der Waals surface area (Å²) >= 11 is 0. The quantitative estimate of drug-likeness (QED) is 0.766. The largest absolute Gasteiger partial charge is 0.480 e. The molecule has 1 heterocycles. The monoisotopic (exact) mass is 256 g/mol. The first kappa shape index (κ1) is 15.0. The molecule has 2 rings (SSSR count). The lowest BCUT2D eigenvalue weighted by atomic mass is 9.75. The van der Waals surface area contributed by atoms with E-state index in [1.54, 1.807) is 0 Å². The maximum atomic E-state index is 11.1. The van der Waals surface area contributed by atoms with Gasteiger partial charge in [0.25, 0.3) is 0 Å². The van der Waals surface area contributed by atoms with Gasteiger partial charge < -0.3 is 10.4 Å². The Hall–Kier alpha value is -0.0300. The number of piperazine rings is 1. The molecule has 1 saturated carbocycles. The normalized spacial score (nSPS) is 24.3. The van der Waals surface area contributed by atoms with Gasteiger partial charge in [0.2, 0.25) is 0 Å². The zero-order chi connectivity index (χ0) is 9.31. The highest BCUT2D eigenvalue weighted by Gasteiger charge is 2.49. The second-order valence-electron chi connectivity index (χ2n) is 3.93. The Kier molecular flexibility index (Phi) is 5.88. The SMILES string of the molecule is Cl.Cl.O=C(O)C1(N2CCNCC2)CCC1. The molecule has 1 saturated heterocycles. The average Bonchev–Trinajstić information content (AvgIpc) is 2.03. The van der Waals surface area contributed by atoms with Gasteiger partial charge in [-0.1, -0.05) is 0 Å². The second kappa shape index (κ2) is 5.89. The molecule has 4 nitrogen and oxygen atoms in total. The van der Waals surface area contributed by atoms with Crippen molar-refractivity contribution in [3.8, 4) is 0 Å². The fourth-order valence-corrected chi connectivity index (χ4v) is 2.27. The Morgan fingerprint density at radius 1 is 1.20 bits per heavy atom. The number of carboxylic acids is 1. The molecule has 15 heavy (non-hydrogen) atoms. The van der Waals surface area contributed by atoms with E-state index in [0.717, 1.165) is 45.4 Å². The first-order valence-electron chi connectivity index (χ1n) is 4.95. The van der Waals surface area contributed by atoms with Gasteiger partial charge in [-0.15, -0.1) is 24.8 Å². The number of hydrogen-bond donors (Lipinski definition) is 2. The van der Waals surface area contributed by atoms with Crippen LogP contribution in [0.1, 0.15) is 19.3 Å². The van der Waals surface area contributed by atoms with E-state index in [2.05, 4.69) is 10.2 Å². The summed E-state index contributed by atoms with van der Waals surface area (Å²) in [6, 6.07) is 0. The Morgan fingerprint density at radius 3 is 2.07 bits per heavy atom. The standard InChI is InChI=1S/C9H16N2O2.2ClH/c12-8(13)9(2-1-3-9)11-6-4-10-5-7-11;;/h10H,1-7H2,(H,12,13);2*1H. The molecule has 0 unspecified atom stereocenters. The zero-order valence-electron chi connectivity index (χ0n) is 8.57. The molecule has 0 atom stereocenters. The van der Waals surface area contributed by atoms with E-state index >= 15 is 0 Å². The van der Waals surface area contributed by atoms with Crippen molar-refractivity contribution in [2.24, 2.45) is 0 Å². The molecule has 2 N–H and O–H groups in total. The number of rotatable bonds is 2. The molecule has 0 amide bonds. The highest BCUT2D eigenvalue weighted by Crippen LogP contribution is 2.37. The second-order valence-corrected chi connectivity index (χ2v) is 3.93. The summed E-state index contributed by atoms with van der Waals surface area (Å²) in [6.45, 7) is 3.61. The van der Waals surface area contributed by atoms with Gasteiger partial charge in [0.15, 0.2) is 0 Å². The van der Waals surface area contributed by atoms with E-state index in [4.69, 9.17) is 0 Å². The minimum atomic E-state index is -0.624. The number of carbonyl (C=O) groups is 1. The van der Waals surface area contributed by atoms with Crippen LogP contribution in [0.15, 0.2) is 0 Å². The van der Waals surface area contributed by atoms with E-state index in [-0.39, 0.29) is 24.8 Å². The maximum Gasteiger partial charge on any atom is 0.324 e. The summed E-state index contributed by atoms with van der Waals surface area (Å²) in [5.41, 5.74) is -0.498. The van der Waals surface area contributed by atoms with Gasteiger partial charge in [0, 0.05) is 26.2 Å². The maximum absolute atomic E-state index is 11.1. The van der Waals surface area contributed by atoms with Gasteiger partial charge in [-0.05, 0) is 19.3 Å². The topological polar surface area (TPSA) is 52.6 Å². The van der Waals surface area contributed by atoms with E-state index in [1.165, 1.54) is 0 Å². The van der Waals surface area contributed by atoms with E-state index in [0.29, 0.717) is 0 Å². The number of nitrogens with one attached hydrogen (secondary N) is 1. The van der Waals surface area contributed by atoms with Crippen molar-refractivity contribution in [1.82, 2.24) is 10.2 Å². The van der Waals surface area contributed by atoms with Crippen molar-refractivity contribution in [2.45, 2.75) is 24.8 Å². The summed E-state index contributed by atoms with van der Waals surface area (Å²) in [5.74, 6) is -0.624. The van der Waals surface area contributed by atoms with Crippen LogP contribution >= 0.6 is 24.8 Å². The van der Waals surface area contributed by atoms with Crippen molar-refractivity contribution in [1.29, 1.82) is 0 Å². The molecular formula is C9H18Cl2N2O2. The van der Waals surface area contributed by atoms with E-state index in [9.17, 15) is 9.90 Å². The summed E-state index contributed by atoms with van der Waals surface area (Å²) < 4.78 is 0. The molecule has 6 heteroatoms. The van der Waals surface area contributed by atoms with Gasteiger partial charge in [-0.25, -0.2) is 0 Å². The Balaban J connectivity index is 0.000000980. The van der Waals surface area contributed by atoms with Crippen molar-refractivity contribution in [2.75, 3.05) is 26.2 Å². The van der Waals surface area contributed by atoms with Crippen LogP contribution < -0.4 is 5.32 Å². The molecule has 0 aromatic heterocycles. The summed E-state index contributed by atoms with van der Waals surface area (Å²) in [4.78, 5) is 13.3. The molecule has 90 valence electrons. The summed E-state index contributed by atoms with van der Waals surface area (Å²) in [5, 5.41) is 12.4. The molecule has 2 aliphatic rings. The van der Waals surface area contributed by atoms with Gasteiger partial charge in [-0.3, -0.25) is 9.69 Å². The highest BCUT2D eigenvalue weighted by molar-refractivity contribution is 5.85. The van der Waals surface area contributed by atoms with Crippen LogP contribution in [0.3, 0.4) is 0 Å². The third-order valence-electron chi connectivity index (χ3n) is 3.30. The molecule has 0 bridgehead atoms. The van der Waals surface area contributed by atoms with E-state index < -0.39 is 11.5 Å². The number of halogens is 2. The molecule has 0 aromatic rings. The number of nitrogens with zero attached hydrogens (tertiary/aromatic N) is 1. The van der Waals surface area contributed by atoms with Gasteiger partial charge >= 0.3 is 5.97 Å². The molecule has 0 aromatic carbocycles. The van der Waals surface area contributed by atoms with Crippen LogP contribution in [-0.4, -0.2) is 47.7 Å². The highest BCUT2D eigenvalue weighted by atomic mass is 35.5. The van der Waals surface area contributed by atoms with Crippen LogP contribution in [0.4, 0.5) is 0 Å². The Morgan fingerprint density at radius 2 is 1.73 bits per heavy atom. The van der Waals surface area contributed by atoms with Crippen molar-refractivity contribution < 1.29 is 9.90 Å². The Labute approximate surface area is 102 Å². The van der Waals surface area contributed by atoms with Crippen molar-refractivity contribution in [3.63, 3.8) is 0 Å². The third kappa shape index (κ3) is 2.56. The minimum absolute atomic E-state index is 0. The number of hydrogen-bond acceptors (Lipinski definition) is 3. The van der Waals surface area contributed by atoms with Crippen LogP contribution in [0.25, 0.3) is 0 Å². The average molecular weight is 257 g/mol.